The number of nitrogens with one attached hydrogen (secondary N) is 2. The third kappa shape index (κ3) is 2.05. The lowest BCUT2D eigenvalue weighted by Gasteiger charge is -2.01. The highest BCUT2D eigenvalue weighted by atomic mass is 32.2. The van der Waals surface area contributed by atoms with E-state index in [4.69, 9.17) is 5.26 Å². The van der Waals surface area contributed by atoms with E-state index in [0.29, 0.717) is 10.6 Å². The second-order valence-electron chi connectivity index (χ2n) is 2.82. The fourth-order valence-electron chi connectivity index (χ4n) is 1.04. The van der Waals surface area contributed by atoms with E-state index in [9.17, 15) is 8.42 Å². The molecule has 82 valence electrons. The van der Waals surface area contributed by atoms with Crippen LogP contribution in [-0.2, 0) is 10.0 Å². The second kappa shape index (κ2) is 3.96. The fraction of sp³-hybridized carbons (Fsp3) is 0. The van der Waals surface area contributed by atoms with Crippen molar-refractivity contribution in [3.63, 3.8) is 0 Å². The average Bonchev–Trinajstić information content (AvgIpc) is 2.85. The number of nitriles is 1. The molecule has 8 heteroatoms. The highest BCUT2D eigenvalue weighted by Crippen LogP contribution is 2.22. The molecule has 2 rings (SSSR count). The van der Waals surface area contributed by atoms with Gasteiger partial charge in [-0.15, -0.1) is 11.3 Å². The molecule has 0 aliphatic rings. The van der Waals surface area contributed by atoms with Crippen LogP contribution in [0.2, 0.25) is 0 Å². The number of sulfonamides is 1. The van der Waals surface area contributed by atoms with Gasteiger partial charge in [0.05, 0.1) is 11.9 Å². The van der Waals surface area contributed by atoms with Crippen LogP contribution in [0.1, 0.15) is 4.88 Å². The van der Waals surface area contributed by atoms with E-state index in [0.717, 1.165) is 11.3 Å². The van der Waals surface area contributed by atoms with Gasteiger partial charge < -0.3 is 0 Å². The number of nitrogens with zero attached hydrogens (tertiary/aromatic N) is 2. The van der Waals surface area contributed by atoms with Crippen LogP contribution in [0, 0.1) is 11.3 Å². The summed E-state index contributed by atoms with van der Waals surface area (Å²) in [6, 6.07) is 4.75. The third-order valence-electron chi connectivity index (χ3n) is 1.71. The van der Waals surface area contributed by atoms with Crippen molar-refractivity contribution in [2.75, 3.05) is 4.72 Å². The Kier molecular flexibility index (Phi) is 2.64. The van der Waals surface area contributed by atoms with Crippen molar-refractivity contribution in [1.29, 1.82) is 5.26 Å². The summed E-state index contributed by atoms with van der Waals surface area (Å²) in [5.41, 5.74) is 0.354. The number of H-pyrrole nitrogens is 1. The molecule has 0 radical (unpaired) electrons. The smallest absolute Gasteiger partial charge is 0.271 e. The van der Waals surface area contributed by atoms with Crippen molar-refractivity contribution in [3.8, 4) is 6.07 Å². The molecule has 16 heavy (non-hydrogen) atoms. The number of rotatable bonds is 3. The Morgan fingerprint density at radius 3 is 2.88 bits per heavy atom. The van der Waals surface area contributed by atoms with Gasteiger partial charge in [-0.25, -0.2) is 8.42 Å². The van der Waals surface area contributed by atoms with Crippen LogP contribution in [0.5, 0.6) is 0 Å². The van der Waals surface area contributed by atoms with Crippen LogP contribution in [-0.4, -0.2) is 18.6 Å². The molecule has 0 atom stereocenters. The van der Waals surface area contributed by atoms with E-state index in [-0.39, 0.29) is 4.21 Å². The molecular weight excluding hydrogens is 248 g/mol. The summed E-state index contributed by atoms with van der Waals surface area (Å²) in [4.78, 5) is 0.354. The number of anilines is 1. The molecule has 2 heterocycles. The van der Waals surface area contributed by atoms with Gasteiger partial charge in [0.2, 0.25) is 0 Å². The van der Waals surface area contributed by atoms with E-state index in [1.165, 1.54) is 24.5 Å². The predicted octanol–water partition coefficient (Wildman–Crippen LogP) is 1.14. The monoisotopic (exact) mass is 254 g/mol. The molecule has 0 spiro atoms. The number of hydrogen-bond donors (Lipinski definition) is 2. The first-order valence-electron chi connectivity index (χ1n) is 4.13. The van der Waals surface area contributed by atoms with Gasteiger partial charge in [-0.2, -0.15) is 10.4 Å². The van der Waals surface area contributed by atoms with Crippen molar-refractivity contribution < 1.29 is 8.42 Å². The molecule has 0 bridgehead atoms. The highest BCUT2D eigenvalue weighted by Gasteiger charge is 2.17. The zero-order valence-corrected chi connectivity index (χ0v) is 9.47. The highest BCUT2D eigenvalue weighted by molar-refractivity contribution is 7.94. The first-order valence-corrected chi connectivity index (χ1v) is 6.43. The molecule has 0 amide bonds. The lowest BCUT2D eigenvalue weighted by Crippen LogP contribution is -2.10. The maximum Gasteiger partial charge on any atom is 0.271 e. The van der Waals surface area contributed by atoms with Crippen molar-refractivity contribution >= 4 is 27.0 Å². The third-order valence-corrected chi connectivity index (χ3v) is 4.57. The van der Waals surface area contributed by atoms with E-state index in [2.05, 4.69) is 14.9 Å². The first kappa shape index (κ1) is 10.7. The standard InChI is InChI=1S/C8H6N4O2S2/c9-3-7-1-2-8(15-7)16(13,14)12-6-4-10-11-5-6/h1-2,4-5,12H,(H,10,11). The van der Waals surface area contributed by atoms with Gasteiger partial charge in [0.15, 0.2) is 0 Å². The van der Waals surface area contributed by atoms with E-state index in [1.807, 2.05) is 6.07 Å². The fourth-order valence-corrected chi connectivity index (χ4v) is 3.17. The van der Waals surface area contributed by atoms with Crippen molar-refractivity contribution in [2.24, 2.45) is 0 Å². The lowest BCUT2D eigenvalue weighted by atomic mass is 10.5. The number of aromatic nitrogens is 2. The Hall–Kier alpha value is -1.85. The quantitative estimate of drug-likeness (QED) is 0.858. The van der Waals surface area contributed by atoms with Crippen molar-refractivity contribution in [2.45, 2.75) is 4.21 Å². The summed E-state index contributed by atoms with van der Waals surface area (Å²) in [5, 5.41) is 14.7. The zero-order valence-electron chi connectivity index (χ0n) is 7.84. The first-order chi connectivity index (χ1) is 7.62. The average molecular weight is 254 g/mol. The summed E-state index contributed by atoms with van der Waals surface area (Å²) >= 11 is 0.919. The Bertz CT molecular complexity index is 621. The molecule has 0 unspecified atom stereocenters. The van der Waals surface area contributed by atoms with Crippen LogP contribution in [0.3, 0.4) is 0 Å². The summed E-state index contributed by atoms with van der Waals surface area (Å²) < 4.78 is 26.0. The molecule has 6 nitrogen and oxygen atoms in total. The second-order valence-corrected chi connectivity index (χ2v) is 5.82. The van der Waals surface area contributed by atoms with Crippen LogP contribution in [0.25, 0.3) is 0 Å². The number of hydrogen-bond acceptors (Lipinski definition) is 5. The SMILES string of the molecule is N#Cc1ccc(S(=O)(=O)Nc2cn[nH]c2)s1. The van der Waals surface area contributed by atoms with Crippen molar-refractivity contribution in [1.82, 2.24) is 10.2 Å². The summed E-state index contributed by atoms with van der Waals surface area (Å²) in [6.45, 7) is 0. The maximum atomic E-state index is 11.8. The van der Waals surface area contributed by atoms with Gasteiger partial charge in [0, 0.05) is 6.20 Å². The topological polar surface area (TPSA) is 98.6 Å². The van der Waals surface area contributed by atoms with E-state index in [1.54, 1.807) is 0 Å². The molecule has 2 aromatic rings. The van der Waals surface area contributed by atoms with Crippen LogP contribution < -0.4 is 4.72 Å². The minimum absolute atomic E-state index is 0.102. The lowest BCUT2D eigenvalue weighted by molar-refractivity contribution is 0.603. The molecule has 0 fully saturated rings. The molecule has 0 saturated heterocycles. The number of thiophene rings is 1. The molecule has 2 aromatic heterocycles. The Balaban J connectivity index is 2.29. The molecule has 0 saturated carbocycles. The molecule has 0 aliphatic carbocycles. The Labute approximate surface area is 95.6 Å². The molecular formula is C8H6N4O2S2. The summed E-state index contributed by atoms with van der Waals surface area (Å²) in [6.07, 6.45) is 2.78. The van der Waals surface area contributed by atoms with Crippen molar-refractivity contribution in [3.05, 3.63) is 29.4 Å². The molecule has 0 aromatic carbocycles. The normalized spacial score (nSPS) is 10.9. The van der Waals surface area contributed by atoms with Crippen LogP contribution in [0.15, 0.2) is 28.7 Å². The minimum Gasteiger partial charge on any atom is -0.284 e. The minimum atomic E-state index is -3.62. The van der Waals surface area contributed by atoms with Crippen LogP contribution >= 0.6 is 11.3 Å². The van der Waals surface area contributed by atoms with Gasteiger partial charge in [0.25, 0.3) is 10.0 Å². The summed E-state index contributed by atoms with van der Waals surface area (Å²) in [5.74, 6) is 0. The predicted molar refractivity (Wildman–Crippen MR) is 58.4 cm³/mol. The van der Waals surface area contributed by atoms with Crippen LogP contribution in [0.4, 0.5) is 5.69 Å². The maximum absolute atomic E-state index is 11.8. The summed E-state index contributed by atoms with van der Waals surface area (Å²) in [7, 11) is -3.62. The van der Waals surface area contributed by atoms with Gasteiger partial charge in [-0.3, -0.25) is 9.82 Å². The molecule has 2 N–H and O–H groups in total. The van der Waals surface area contributed by atoms with E-state index < -0.39 is 10.0 Å². The van der Waals surface area contributed by atoms with Gasteiger partial charge >= 0.3 is 0 Å². The largest absolute Gasteiger partial charge is 0.284 e. The Morgan fingerprint density at radius 1 is 1.50 bits per heavy atom. The van der Waals surface area contributed by atoms with Gasteiger partial charge in [-0.1, -0.05) is 0 Å². The number of aromatic amines is 1. The molecule has 0 aliphatic heterocycles. The van der Waals surface area contributed by atoms with E-state index >= 15 is 0 Å². The van der Waals surface area contributed by atoms with Gasteiger partial charge in [0.1, 0.15) is 15.2 Å². The van der Waals surface area contributed by atoms with Gasteiger partial charge in [-0.05, 0) is 12.1 Å². The zero-order chi connectivity index (χ0) is 11.6. The Morgan fingerprint density at radius 2 is 2.31 bits per heavy atom.